The summed E-state index contributed by atoms with van der Waals surface area (Å²) in [6.07, 6.45) is -0.581. The normalized spacial score (nSPS) is 20.9. The van der Waals surface area contributed by atoms with Crippen LogP contribution in [0.3, 0.4) is 0 Å². The van der Waals surface area contributed by atoms with E-state index in [0.29, 0.717) is 5.02 Å². The van der Waals surface area contributed by atoms with Gasteiger partial charge in [-0.1, -0.05) is 41.9 Å². The Morgan fingerprint density at radius 1 is 1.05 bits per heavy atom. The van der Waals surface area contributed by atoms with Crippen molar-refractivity contribution in [2.45, 2.75) is 12.2 Å². The molecule has 0 radical (unpaired) electrons. The molecule has 1 saturated heterocycles. The first-order valence-electron chi connectivity index (χ1n) is 6.01. The molecule has 0 spiro atoms. The van der Waals surface area contributed by atoms with Gasteiger partial charge in [-0.3, -0.25) is 4.79 Å². The minimum Gasteiger partial charge on any atom is -0.354 e. The van der Waals surface area contributed by atoms with Gasteiger partial charge in [-0.25, -0.2) is 0 Å². The molecule has 0 aliphatic carbocycles. The van der Waals surface area contributed by atoms with E-state index in [1.807, 2.05) is 42.5 Å². The van der Waals surface area contributed by atoms with E-state index in [1.54, 1.807) is 12.1 Å². The molecule has 1 heterocycles. The zero-order valence-electron chi connectivity index (χ0n) is 10.0. The maximum atomic E-state index is 12.0. The third-order valence-corrected chi connectivity index (χ3v) is 3.24. The first kappa shape index (κ1) is 12.2. The van der Waals surface area contributed by atoms with E-state index in [9.17, 15) is 4.79 Å². The SMILES string of the molecule is O=C(Nc1ccccc1)[C@@H]1O[C@@H]1c1ccc(Cl)cc1. The second-order valence-electron chi connectivity index (χ2n) is 4.38. The number of benzene rings is 2. The van der Waals surface area contributed by atoms with Crippen molar-refractivity contribution < 1.29 is 9.53 Å². The zero-order valence-corrected chi connectivity index (χ0v) is 10.8. The third kappa shape index (κ3) is 2.78. The van der Waals surface area contributed by atoms with Gasteiger partial charge in [-0.2, -0.15) is 0 Å². The van der Waals surface area contributed by atoms with Gasteiger partial charge in [0.2, 0.25) is 0 Å². The first-order valence-corrected chi connectivity index (χ1v) is 6.39. The lowest BCUT2D eigenvalue weighted by Gasteiger charge is -2.02. The molecule has 0 unspecified atom stereocenters. The summed E-state index contributed by atoms with van der Waals surface area (Å²) in [5.74, 6) is -0.119. The van der Waals surface area contributed by atoms with Crippen molar-refractivity contribution >= 4 is 23.2 Å². The Hall–Kier alpha value is -1.84. The second kappa shape index (κ2) is 5.03. The number of halogens is 1. The van der Waals surface area contributed by atoms with Crippen LogP contribution in [0.25, 0.3) is 0 Å². The number of nitrogens with one attached hydrogen (secondary N) is 1. The fourth-order valence-electron chi connectivity index (χ4n) is 1.95. The van der Waals surface area contributed by atoms with Crippen molar-refractivity contribution in [1.29, 1.82) is 0 Å². The Labute approximate surface area is 116 Å². The Morgan fingerprint density at radius 2 is 1.74 bits per heavy atom. The van der Waals surface area contributed by atoms with Crippen LogP contribution in [-0.4, -0.2) is 12.0 Å². The average Bonchev–Trinajstić information content (AvgIpc) is 3.21. The van der Waals surface area contributed by atoms with Crippen LogP contribution in [0.4, 0.5) is 5.69 Å². The van der Waals surface area contributed by atoms with Gasteiger partial charge in [0.05, 0.1) is 0 Å². The van der Waals surface area contributed by atoms with E-state index in [-0.39, 0.29) is 12.0 Å². The van der Waals surface area contributed by atoms with E-state index >= 15 is 0 Å². The van der Waals surface area contributed by atoms with Crippen molar-refractivity contribution in [1.82, 2.24) is 0 Å². The largest absolute Gasteiger partial charge is 0.354 e. The lowest BCUT2D eigenvalue weighted by molar-refractivity contribution is -0.117. The van der Waals surface area contributed by atoms with Gasteiger partial charge in [-0.15, -0.1) is 0 Å². The molecule has 1 aliphatic rings. The number of hydrogen-bond acceptors (Lipinski definition) is 2. The summed E-state index contributed by atoms with van der Waals surface area (Å²) >= 11 is 5.82. The second-order valence-corrected chi connectivity index (χ2v) is 4.82. The quantitative estimate of drug-likeness (QED) is 0.871. The lowest BCUT2D eigenvalue weighted by atomic mass is 10.1. The summed E-state index contributed by atoms with van der Waals surface area (Å²) in [6, 6.07) is 16.7. The number of carbonyl (C=O) groups excluding carboxylic acids is 1. The molecule has 2 aromatic rings. The third-order valence-electron chi connectivity index (χ3n) is 2.99. The van der Waals surface area contributed by atoms with Crippen molar-refractivity contribution in [2.75, 3.05) is 5.32 Å². The molecule has 4 heteroatoms. The van der Waals surface area contributed by atoms with Crippen LogP contribution in [0.2, 0.25) is 5.02 Å². The van der Waals surface area contributed by atoms with Crippen LogP contribution in [0, 0.1) is 0 Å². The van der Waals surface area contributed by atoms with E-state index in [2.05, 4.69) is 5.32 Å². The number of rotatable bonds is 3. The van der Waals surface area contributed by atoms with E-state index in [0.717, 1.165) is 11.3 Å². The van der Waals surface area contributed by atoms with Gasteiger partial charge in [0.15, 0.2) is 6.10 Å². The molecule has 3 rings (SSSR count). The molecule has 0 saturated carbocycles. The van der Waals surface area contributed by atoms with Gasteiger partial charge in [-0.05, 0) is 29.8 Å². The number of para-hydroxylation sites is 1. The molecular formula is C15H12ClNO2. The van der Waals surface area contributed by atoms with Crippen LogP contribution in [0.15, 0.2) is 54.6 Å². The van der Waals surface area contributed by atoms with E-state index in [4.69, 9.17) is 16.3 Å². The minimum absolute atomic E-state index is 0.119. The Bertz CT molecular complexity index is 583. The monoisotopic (exact) mass is 273 g/mol. The van der Waals surface area contributed by atoms with Gasteiger partial charge in [0.25, 0.3) is 5.91 Å². The summed E-state index contributed by atoms with van der Waals surface area (Å²) in [5.41, 5.74) is 1.75. The van der Waals surface area contributed by atoms with Crippen molar-refractivity contribution in [2.24, 2.45) is 0 Å². The molecule has 1 fully saturated rings. The lowest BCUT2D eigenvalue weighted by Crippen LogP contribution is -2.18. The number of ether oxygens (including phenoxy) is 1. The average molecular weight is 274 g/mol. The van der Waals surface area contributed by atoms with Crippen LogP contribution in [-0.2, 0) is 9.53 Å². The van der Waals surface area contributed by atoms with Crippen LogP contribution >= 0.6 is 11.6 Å². The standard InChI is InChI=1S/C15H12ClNO2/c16-11-8-6-10(7-9-11)13-14(19-13)15(18)17-12-4-2-1-3-5-12/h1-9,13-14H,(H,17,18)/t13-,14-/m1/s1. The molecule has 2 aromatic carbocycles. The van der Waals surface area contributed by atoms with E-state index in [1.165, 1.54) is 0 Å². The smallest absolute Gasteiger partial charge is 0.256 e. The number of hydrogen-bond donors (Lipinski definition) is 1. The van der Waals surface area contributed by atoms with Crippen molar-refractivity contribution in [3.05, 3.63) is 65.2 Å². The molecule has 1 amide bonds. The highest BCUT2D eigenvalue weighted by atomic mass is 35.5. The van der Waals surface area contributed by atoms with Gasteiger partial charge in [0.1, 0.15) is 6.10 Å². The van der Waals surface area contributed by atoms with Gasteiger partial charge in [0, 0.05) is 10.7 Å². The molecule has 1 aliphatic heterocycles. The topological polar surface area (TPSA) is 41.6 Å². The summed E-state index contributed by atoms with van der Waals surface area (Å²) in [5, 5.41) is 3.50. The van der Waals surface area contributed by atoms with Crippen molar-refractivity contribution in [3.63, 3.8) is 0 Å². The number of amides is 1. The number of anilines is 1. The Balaban J connectivity index is 1.63. The van der Waals surface area contributed by atoms with Gasteiger partial charge < -0.3 is 10.1 Å². The molecule has 96 valence electrons. The fourth-order valence-corrected chi connectivity index (χ4v) is 2.08. The molecule has 0 bridgehead atoms. The summed E-state index contributed by atoms with van der Waals surface area (Å²) < 4.78 is 5.42. The predicted molar refractivity (Wildman–Crippen MR) is 74.1 cm³/mol. The van der Waals surface area contributed by atoms with Crippen LogP contribution < -0.4 is 5.32 Å². The first-order chi connectivity index (χ1) is 9.24. The number of epoxide rings is 1. The highest BCUT2D eigenvalue weighted by Gasteiger charge is 2.46. The maximum absolute atomic E-state index is 12.0. The molecule has 1 N–H and O–H groups in total. The summed E-state index contributed by atoms with van der Waals surface area (Å²) in [7, 11) is 0. The predicted octanol–water partition coefficient (Wildman–Crippen LogP) is 3.42. The molecular weight excluding hydrogens is 262 g/mol. The molecule has 3 nitrogen and oxygen atoms in total. The van der Waals surface area contributed by atoms with Crippen LogP contribution in [0.5, 0.6) is 0 Å². The summed E-state index contributed by atoms with van der Waals surface area (Å²) in [6.45, 7) is 0. The zero-order chi connectivity index (χ0) is 13.2. The maximum Gasteiger partial charge on any atom is 0.256 e. The molecule has 2 atom stereocenters. The molecule has 0 aromatic heterocycles. The van der Waals surface area contributed by atoms with Crippen LogP contribution in [0.1, 0.15) is 11.7 Å². The Kier molecular flexibility index (Phi) is 3.23. The molecule has 19 heavy (non-hydrogen) atoms. The highest BCUT2D eigenvalue weighted by Crippen LogP contribution is 2.39. The highest BCUT2D eigenvalue weighted by molar-refractivity contribution is 6.30. The number of carbonyl (C=O) groups is 1. The van der Waals surface area contributed by atoms with Gasteiger partial charge >= 0.3 is 0 Å². The minimum atomic E-state index is -0.415. The Morgan fingerprint density at radius 3 is 2.42 bits per heavy atom. The van der Waals surface area contributed by atoms with E-state index < -0.39 is 6.10 Å². The fraction of sp³-hybridized carbons (Fsp3) is 0.133. The summed E-state index contributed by atoms with van der Waals surface area (Å²) in [4.78, 5) is 12.0. The van der Waals surface area contributed by atoms with Crippen molar-refractivity contribution in [3.8, 4) is 0 Å².